The van der Waals surface area contributed by atoms with Crippen molar-refractivity contribution in [2.24, 2.45) is 0 Å². The smallest absolute Gasteiger partial charge is 0.339 e. The molecule has 3 aromatic carbocycles. The molecule has 0 aromatic heterocycles. The molecule has 0 fully saturated rings. The van der Waals surface area contributed by atoms with Gasteiger partial charge in [0.25, 0.3) is 0 Å². The molecule has 0 saturated heterocycles. The van der Waals surface area contributed by atoms with Gasteiger partial charge in [0, 0.05) is 11.4 Å². The van der Waals surface area contributed by atoms with Crippen molar-refractivity contribution >= 4 is 23.3 Å². The molecule has 142 valence electrons. The van der Waals surface area contributed by atoms with Crippen LogP contribution < -0.4 is 20.9 Å². The van der Waals surface area contributed by atoms with Crippen molar-refractivity contribution in [2.45, 2.75) is 0 Å². The maximum atomic E-state index is 11.4. The van der Waals surface area contributed by atoms with Crippen LogP contribution in [0.3, 0.4) is 0 Å². The van der Waals surface area contributed by atoms with Crippen LogP contribution in [-0.2, 0) is 0 Å². The van der Waals surface area contributed by atoms with Gasteiger partial charge in [-0.1, -0.05) is 12.1 Å². The average molecular weight is 380 g/mol. The van der Waals surface area contributed by atoms with Crippen LogP contribution >= 0.6 is 0 Å². The Bertz CT molecular complexity index is 980. The zero-order valence-electron chi connectivity index (χ0n) is 14.5. The van der Waals surface area contributed by atoms with E-state index in [9.17, 15) is 19.8 Å². The first-order valence-corrected chi connectivity index (χ1v) is 8.05. The molecule has 6 N–H and O–H groups in total. The Labute approximate surface area is 159 Å². The summed E-state index contributed by atoms with van der Waals surface area (Å²) in [7, 11) is 0. The molecule has 0 amide bonds. The van der Waals surface area contributed by atoms with E-state index in [4.69, 9.17) is 20.9 Å². The number of hydrogen-bond donors (Lipinski definition) is 4. The van der Waals surface area contributed by atoms with E-state index >= 15 is 0 Å². The number of nitrogen functional groups attached to an aromatic ring is 2. The number of benzene rings is 3. The highest BCUT2D eigenvalue weighted by Crippen LogP contribution is 2.37. The minimum Gasteiger partial charge on any atom is -0.478 e. The van der Waals surface area contributed by atoms with E-state index in [1.807, 2.05) is 0 Å². The Kier molecular flexibility index (Phi) is 5.03. The van der Waals surface area contributed by atoms with E-state index in [2.05, 4.69) is 0 Å². The second-order valence-electron chi connectivity index (χ2n) is 5.77. The highest BCUT2D eigenvalue weighted by atomic mass is 16.5. The van der Waals surface area contributed by atoms with Crippen LogP contribution in [0.5, 0.6) is 23.0 Å². The standard InChI is InChI=1S/C20H16N2O6/c21-11-5-7-15(13(9-11)19(23)24)27-17-3-1-2-4-18(17)28-16-8-6-12(22)10-14(16)20(25)26/h1-10H,21-22H2,(H,23,24)(H,25,26). The molecule has 0 spiro atoms. The number of aromatic carboxylic acids is 2. The lowest BCUT2D eigenvalue weighted by molar-refractivity contribution is 0.0682. The number of carboxylic acid groups (broad SMARTS) is 2. The van der Waals surface area contributed by atoms with Crippen LogP contribution in [0.4, 0.5) is 11.4 Å². The van der Waals surface area contributed by atoms with Gasteiger partial charge in [-0.25, -0.2) is 9.59 Å². The van der Waals surface area contributed by atoms with E-state index in [-0.39, 0.29) is 45.5 Å². The van der Waals surface area contributed by atoms with E-state index < -0.39 is 11.9 Å². The first-order valence-electron chi connectivity index (χ1n) is 8.05. The van der Waals surface area contributed by atoms with Gasteiger partial charge in [0.1, 0.15) is 22.6 Å². The maximum absolute atomic E-state index is 11.4. The van der Waals surface area contributed by atoms with Crippen molar-refractivity contribution in [3.63, 3.8) is 0 Å². The van der Waals surface area contributed by atoms with Crippen LogP contribution in [0.25, 0.3) is 0 Å². The van der Waals surface area contributed by atoms with E-state index in [0.717, 1.165) is 0 Å². The van der Waals surface area contributed by atoms with Crippen LogP contribution in [0, 0.1) is 0 Å². The van der Waals surface area contributed by atoms with E-state index in [1.54, 1.807) is 24.3 Å². The number of carboxylic acids is 2. The molecule has 0 saturated carbocycles. The van der Waals surface area contributed by atoms with Crippen molar-refractivity contribution in [1.82, 2.24) is 0 Å². The molecular weight excluding hydrogens is 364 g/mol. The fraction of sp³-hybridized carbons (Fsp3) is 0. The zero-order chi connectivity index (χ0) is 20.3. The summed E-state index contributed by atoms with van der Waals surface area (Å²) < 4.78 is 11.4. The lowest BCUT2D eigenvalue weighted by Gasteiger charge is -2.15. The highest BCUT2D eigenvalue weighted by Gasteiger charge is 2.17. The molecule has 0 heterocycles. The predicted octanol–water partition coefficient (Wildman–Crippen LogP) is 3.83. The fourth-order valence-electron chi connectivity index (χ4n) is 2.46. The van der Waals surface area contributed by atoms with Crippen LogP contribution in [-0.4, -0.2) is 22.2 Å². The number of anilines is 2. The second kappa shape index (κ2) is 7.58. The van der Waals surface area contributed by atoms with Crippen molar-refractivity contribution in [3.05, 3.63) is 71.8 Å². The molecule has 3 aromatic rings. The SMILES string of the molecule is Nc1ccc(Oc2ccccc2Oc2ccc(N)cc2C(=O)O)c(C(=O)O)c1. The third-order valence-electron chi connectivity index (χ3n) is 3.76. The predicted molar refractivity (Wildman–Crippen MR) is 102 cm³/mol. The summed E-state index contributed by atoms with van der Waals surface area (Å²) in [6.07, 6.45) is 0. The zero-order valence-corrected chi connectivity index (χ0v) is 14.5. The Morgan fingerprint density at radius 3 is 1.39 bits per heavy atom. The van der Waals surface area contributed by atoms with Crippen LogP contribution in [0.1, 0.15) is 20.7 Å². The molecule has 0 aliphatic heterocycles. The molecule has 0 aliphatic carbocycles. The highest BCUT2D eigenvalue weighted by molar-refractivity contribution is 5.93. The van der Waals surface area contributed by atoms with Gasteiger partial charge in [-0.3, -0.25) is 0 Å². The maximum Gasteiger partial charge on any atom is 0.339 e. The van der Waals surface area contributed by atoms with Crippen LogP contribution in [0.15, 0.2) is 60.7 Å². The summed E-state index contributed by atoms with van der Waals surface area (Å²) in [5.41, 5.74) is 11.6. The molecule has 0 aliphatic rings. The Hall–Kier alpha value is -4.20. The quantitative estimate of drug-likeness (QED) is 0.472. The molecule has 8 nitrogen and oxygen atoms in total. The third kappa shape index (κ3) is 3.96. The Balaban J connectivity index is 1.98. The molecular formula is C20H16N2O6. The van der Waals surface area contributed by atoms with Gasteiger partial charge in [0.2, 0.25) is 0 Å². The molecule has 8 heteroatoms. The normalized spacial score (nSPS) is 10.3. The lowest BCUT2D eigenvalue weighted by Crippen LogP contribution is -2.03. The van der Waals surface area contributed by atoms with Crippen molar-refractivity contribution in [3.8, 4) is 23.0 Å². The van der Waals surface area contributed by atoms with Gasteiger partial charge in [-0.05, 0) is 48.5 Å². The number of para-hydroxylation sites is 2. The minimum absolute atomic E-state index is 0.0634. The van der Waals surface area contributed by atoms with Gasteiger partial charge in [0.05, 0.1) is 0 Å². The number of ether oxygens (including phenoxy) is 2. The van der Waals surface area contributed by atoms with E-state index in [0.29, 0.717) is 0 Å². The minimum atomic E-state index is -1.20. The monoisotopic (exact) mass is 380 g/mol. The third-order valence-corrected chi connectivity index (χ3v) is 3.76. The second-order valence-corrected chi connectivity index (χ2v) is 5.77. The van der Waals surface area contributed by atoms with Crippen molar-refractivity contribution in [2.75, 3.05) is 11.5 Å². The molecule has 0 unspecified atom stereocenters. The summed E-state index contributed by atoms with van der Waals surface area (Å²) in [6.45, 7) is 0. The number of rotatable bonds is 6. The lowest BCUT2D eigenvalue weighted by atomic mass is 10.1. The number of hydrogen-bond acceptors (Lipinski definition) is 6. The molecule has 0 bridgehead atoms. The van der Waals surface area contributed by atoms with Gasteiger partial charge in [-0.2, -0.15) is 0 Å². The summed E-state index contributed by atoms with van der Waals surface area (Å²) in [5, 5.41) is 18.7. The Morgan fingerprint density at radius 1 is 0.643 bits per heavy atom. The molecule has 0 atom stereocenters. The summed E-state index contributed by atoms with van der Waals surface area (Å²) in [6, 6.07) is 14.9. The van der Waals surface area contributed by atoms with Crippen LogP contribution in [0.2, 0.25) is 0 Å². The first-order chi connectivity index (χ1) is 13.3. The van der Waals surface area contributed by atoms with E-state index in [1.165, 1.54) is 36.4 Å². The van der Waals surface area contributed by atoms with Crippen molar-refractivity contribution in [1.29, 1.82) is 0 Å². The largest absolute Gasteiger partial charge is 0.478 e. The summed E-state index contributed by atoms with van der Waals surface area (Å²) in [5.74, 6) is -1.88. The Morgan fingerprint density at radius 2 is 1.04 bits per heavy atom. The van der Waals surface area contributed by atoms with Gasteiger partial charge in [-0.15, -0.1) is 0 Å². The average Bonchev–Trinajstić information content (AvgIpc) is 2.65. The topological polar surface area (TPSA) is 145 Å². The molecule has 0 radical (unpaired) electrons. The van der Waals surface area contributed by atoms with Gasteiger partial charge in [0.15, 0.2) is 11.5 Å². The first kappa shape index (κ1) is 18.6. The summed E-state index contributed by atoms with van der Waals surface area (Å²) in [4.78, 5) is 22.9. The van der Waals surface area contributed by atoms with Gasteiger partial charge >= 0.3 is 11.9 Å². The number of carbonyl (C=O) groups is 2. The summed E-state index contributed by atoms with van der Waals surface area (Å²) >= 11 is 0. The van der Waals surface area contributed by atoms with Gasteiger partial charge < -0.3 is 31.2 Å². The fourth-order valence-corrected chi connectivity index (χ4v) is 2.46. The molecule has 28 heavy (non-hydrogen) atoms. The number of nitrogens with two attached hydrogens (primary N) is 2. The molecule has 3 rings (SSSR count). The van der Waals surface area contributed by atoms with Crippen molar-refractivity contribution < 1.29 is 29.3 Å².